The Labute approximate surface area is 104 Å². The number of fused-ring (bicyclic) bond motifs is 1. The Morgan fingerprint density at radius 1 is 0.938 bits per heavy atom. The Morgan fingerprint density at radius 3 is 2.06 bits per heavy atom. The first-order valence-corrected chi connectivity index (χ1v) is 6.80. The van der Waals surface area contributed by atoms with Crippen LogP contribution in [-0.2, 0) is 5.41 Å². The van der Waals surface area contributed by atoms with E-state index < -0.39 is 0 Å². The second kappa shape index (κ2) is 3.29. The van der Waals surface area contributed by atoms with Gasteiger partial charge in [0.25, 0.3) is 0 Å². The first kappa shape index (κ1) is 12.0. The number of aryl methyl sites for hydroxylation is 2. The summed E-state index contributed by atoms with van der Waals surface area (Å²) in [5, 5.41) is 0. The zero-order valence-electron chi connectivity index (χ0n) is 11.5. The summed E-state index contributed by atoms with van der Waals surface area (Å²) in [6.07, 6.45) is 0. The topological polar surface area (TPSA) is 0 Å². The van der Waals surface area contributed by atoms with Crippen LogP contribution in [0.15, 0.2) is 11.0 Å². The Hall–Kier alpha value is -0.430. The average molecular weight is 234 g/mol. The molecule has 0 fully saturated rings. The molecule has 16 heavy (non-hydrogen) atoms. The van der Waals surface area contributed by atoms with Crippen LogP contribution in [0.3, 0.4) is 0 Å². The van der Waals surface area contributed by atoms with Gasteiger partial charge in [-0.3, -0.25) is 0 Å². The first-order chi connectivity index (χ1) is 7.18. The molecule has 1 aromatic carbocycles. The second-order valence-corrected chi connectivity index (χ2v) is 7.71. The summed E-state index contributed by atoms with van der Waals surface area (Å²) in [7, 11) is 0. The van der Waals surface area contributed by atoms with Crippen LogP contribution in [0.1, 0.15) is 49.9 Å². The molecule has 0 amide bonds. The third-order valence-electron chi connectivity index (χ3n) is 4.47. The van der Waals surface area contributed by atoms with Gasteiger partial charge < -0.3 is 0 Å². The zero-order chi connectivity index (χ0) is 12.3. The Bertz CT molecular complexity index is 453. The lowest BCUT2D eigenvalue weighted by molar-refractivity contribution is 0.419. The molecule has 0 saturated carbocycles. The Morgan fingerprint density at radius 2 is 1.50 bits per heavy atom. The van der Waals surface area contributed by atoms with Crippen molar-refractivity contribution in [3.05, 3.63) is 28.3 Å². The highest BCUT2D eigenvalue weighted by molar-refractivity contribution is 8.01. The monoisotopic (exact) mass is 234 g/mol. The molecule has 1 aliphatic heterocycles. The second-order valence-electron chi connectivity index (χ2n) is 6.08. The van der Waals surface area contributed by atoms with Gasteiger partial charge in [-0.25, -0.2) is 0 Å². The molecule has 1 heteroatoms. The van der Waals surface area contributed by atoms with Gasteiger partial charge in [-0.05, 0) is 56.9 Å². The van der Waals surface area contributed by atoms with Crippen molar-refractivity contribution in [3.63, 3.8) is 0 Å². The van der Waals surface area contributed by atoms with Crippen molar-refractivity contribution in [1.29, 1.82) is 0 Å². The molecule has 1 aromatic rings. The van der Waals surface area contributed by atoms with E-state index in [-0.39, 0.29) is 5.41 Å². The normalized spacial score (nSPS) is 20.9. The molecule has 0 unspecified atom stereocenters. The van der Waals surface area contributed by atoms with Gasteiger partial charge >= 0.3 is 0 Å². The third kappa shape index (κ3) is 1.37. The lowest BCUT2D eigenvalue weighted by Gasteiger charge is -2.35. The van der Waals surface area contributed by atoms with Gasteiger partial charge in [-0.2, -0.15) is 0 Å². The maximum atomic E-state index is 2.39. The van der Waals surface area contributed by atoms with Gasteiger partial charge in [0.1, 0.15) is 0 Å². The quantitative estimate of drug-likeness (QED) is 0.623. The fourth-order valence-corrected chi connectivity index (χ4v) is 4.23. The minimum absolute atomic E-state index is 0.258. The lowest BCUT2D eigenvalue weighted by Crippen LogP contribution is -2.36. The molecule has 1 heterocycles. The predicted molar refractivity (Wildman–Crippen MR) is 73.6 cm³/mol. The number of thioether (sulfide) groups is 1. The fourth-order valence-electron chi connectivity index (χ4n) is 2.63. The van der Waals surface area contributed by atoms with E-state index >= 15 is 0 Å². The first-order valence-electron chi connectivity index (χ1n) is 5.99. The summed E-state index contributed by atoms with van der Waals surface area (Å²) in [4.78, 5) is 1.53. The summed E-state index contributed by atoms with van der Waals surface area (Å²) >= 11 is 2.05. The van der Waals surface area contributed by atoms with Crippen LogP contribution in [0.2, 0.25) is 0 Å². The minimum atomic E-state index is 0.258. The summed E-state index contributed by atoms with van der Waals surface area (Å²) in [5.41, 5.74) is 6.21. The van der Waals surface area contributed by atoms with Gasteiger partial charge in [-0.15, -0.1) is 11.8 Å². The molecule has 0 atom stereocenters. The number of rotatable bonds is 0. The highest BCUT2D eigenvalue weighted by atomic mass is 32.2. The van der Waals surface area contributed by atoms with Crippen molar-refractivity contribution < 1.29 is 0 Å². The molecule has 0 aromatic heterocycles. The van der Waals surface area contributed by atoms with Gasteiger partial charge in [0.15, 0.2) is 0 Å². The molecule has 0 nitrogen and oxygen atoms in total. The van der Waals surface area contributed by atoms with Crippen molar-refractivity contribution in [2.24, 2.45) is 0 Å². The Balaban J connectivity index is 2.79. The molecule has 1 aliphatic rings. The number of hydrogen-bond donors (Lipinski definition) is 0. The summed E-state index contributed by atoms with van der Waals surface area (Å²) in [5.74, 6) is 0. The smallest absolute Gasteiger partial charge is 0.0242 e. The van der Waals surface area contributed by atoms with Crippen molar-refractivity contribution >= 4 is 11.8 Å². The van der Waals surface area contributed by atoms with Crippen LogP contribution in [0.5, 0.6) is 0 Å². The SMILES string of the molecule is Cc1cc(C)c2c(c1C)C(C)(C)C(C)(C)S2. The van der Waals surface area contributed by atoms with Crippen LogP contribution in [0.25, 0.3) is 0 Å². The molecular weight excluding hydrogens is 212 g/mol. The maximum Gasteiger partial charge on any atom is 0.0242 e. The molecule has 0 radical (unpaired) electrons. The maximum absolute atomic E-state index is 2.39. The summed E-state index contributed by atoms with van der Waals surface area (Å²) < 4.78 is 0.290. The van der Waals surface area contributed by atoms with Gasteiger partial charge in [0, 0.05) is 15.1 Å². The van der Waals surface area contributed by atoms with Crippen molar-refractivity contribution in [2.45, 2.75) is 63.5 Å². The van der Waals surface area contributed by atoms with Crippen molar-refractivity contribution in [3.8, 4) is 0 Å². The highest BCUT2D eigenvalue weighted by Gasteiger charge is 2.47. The molecule has 0 bridgehead atoms. The van der Waals surface area contributed by atoms with Gasteiger partial charge in [-0.1, -0.05) is 19.9 Å². The van der Waals surface area contributed by atoms with E-state index in [0.717, 1.165) is 0 Å². The largest absolute Gasteiger partial charge is 0.118 e. The average Bonchev–Trinajstić information content (AvgIpc) is 2.31. The van der Waals surface area contributed by atoms with Crippen molar-refractivity contribution in [1.82, 2.24) is 0 Å². The highest BCUT2D eigenvalue weighted by Crippen LogP contribution is 2.58. The fraction of sp³-hybridized carbons (Fsp3) is 0.600. The van der Waals surface area contributed by atoms with Gasteiger partial charge in [0.05, 0.1) is 0 Å². The standard InChI is InChI=1S/C15H22S/c1-9-8-10(2)13-12(11(9)3)14(4,5)15(6,7)16-13/h8H,1-7H3. The van der Waals surface area contributed by atoms with E-state index in [1.807, 2.05) is 11.8 Å². The van der Waals surface area contributed by atoms with Crippen LogP contribution in [0, 0.1) is 20.8 Å². The molecular formula is C15H22S. The van der Waals surface area contributed by atoms with Crippen LogP contribution in [-0.4, -0.2) is 4.75 Å². The number of hydrogen-bond acceptors (Lipinski definition) is 1. The van der Waals surface area contributed by atoms with E-state index in [1.165, 1.54) is 21.6 Å². The molecule has 0 saturated heterocycles. The van der Waals surface area contributed by atoms with Crippen LogP contribution >= 0.6 is 11.8 Å². The molecule has 0 N–H and O–H groups in total. The van der Waals surface area contributed by atoms with Crippen LogP contribution in [0.4, 0.5) is 0 Å². The zero-order valence-corrected chi connectivity index (χ0v) is 12.3. The summed E-state index contributed by atoms with van der Waals surface area (Å²) in [6, 6.07) is 2.33. The molecule has 0 spiro atoms. The molecule has 2 rings (SSSR count). The van der Waals surface area contributed by atoms with Gasteiger partial charge in [0.2, 0.25) is 0 Å². The van der Waals surface area contributed by atoms with E-state index in [4.69, 9.17) is 0 Å². The van der Waals surface area contributed by atoms with E-state index in [0.29, 0.717) is 4.75 Å². The van der Waals surface area contributed by atoms with E-state index in [1.54, 1.807) is 5.56 Å². The van der Waals surface area contributed by atoms with Crippen LogP contribution < -0.4 is 0 Å². The third-order valence-corrected chi connectivity index (χ3v) is 6.22. The molecule has 0 aliphatic carbocycles. The molecule has 88 valence electrons. The summed E-state index contributed by atoms with van der Waals surface area (Å²) in [6.45, 7) is 16.3. The Kier molecular flexibility index (Phi) is 2.47. The minimum Gasteiger partial charge on any atom is -0.118 e. The number of benzene rings is 1. The van der Waals surface area contributed by atoms with Crippen molar-refractivity contribution in [2.75, 3.05) is 0 Å². The van der Waals surface area contributed by atoms with E-state index in [2.05, 4.69) is 54.5 Å². The van der Waals surface area contributed by atoms with E-state index in [9.17, 15) is 0 Å². The lowest BCUT2D eigenvalue weighted by atomic mass is 9.72. The predicted octanol–water partition coefficient (Wildman–Crippen LogP) is 4.77.